The molecular formula is C12H17N5O. The molecular weight excluding hydrogens is 230 g/mol. The van der Waals surface area contributed by atoms with Crippen molar-refractivity contribution in [1.29, 1.82) is 0 Å². The SMILES string of the molecule is CC1CCN(c2n[nH]c(-c3ccoc3)n2)CC1N. The monoisotopic (exact) mass is 247 g/mol. The lowest BCUT2D eigenvalue weighted by molar-refractivity contribution is 0.376. The maximum absolute atomic E-state index is 6.08. The largest absolute Gasteiger partial charge is 0.472 e. The molecule has 0 aliphatic carbocycles. The summed E-state index contributed by atoms with van der Waals surface area (Å²) in [6.45, 7) is 3.96. The van der Waals surface area contributed by atoms with Crippen molar-refractivity contribution >= 4 is 5.95 Å². The zero-order valence-corrected chi connectivity index (χ0v) is 10.3. The fourth-order valence-electron chi connectivity index (χ4n) is 2.20. The number of hydrogen-bond donors (Lipinski definition) is 2. The van der Waals surface area contributed by atoms with E-state index in [4.69, 9.17) is 10.2 Å². The molecule has 3 rings (SSSR count). The molecule has 0 radical (unpaired) electrons. The number of aromatic amines is 1. The number of nitrogens with one attached hydrogen (secondary N) is 1. The fraction of sp³-hybridized carbons (Fsp3) is 0.500. The van der Waals surface area contributed by atoms with E-state index >= 15 is 0 Å². The second-order valence-corrected chi connectivity index (χ2v) is 4.87. The topological polar surface area (TPSA) is 84.0 Å². The first-order valence-corrected chi connectivity index (χ1v) is 6.19. The van der Waals surface area contributed by atoms with Crippen LogP contribution in [0.15, 0.2) is 23.0 Å². The van der Waals surface area contributed by atoms with Crippen LogP contribution >= 0.6 is 0 Å². The van der Waals surface area contributed by atoms with Gasteiger partial charge >= 0.3 is 0 Å². The number of nitrogens with zero attached hydrogens (tertiary/aromatic N) is 3. The number of aromatic nitrogens is 3. The Kier molecular flexibility index (Phi) is 2.79. The smallest absolute Gasteiger partial charge is 0.245 e. The minimum Gasteiger partial charge on any atom is -0.472 e. The number of furan rings is 1. The molecule has 96 valence electrons. The van der Waals surface area contributed by atoms with E-state index in [1.165, 1.54) is 0 Å². The Hall–Kier alpha value is -1.82. The molecule has 6 nitrogen and oxygen atoms in total. The highest BCUT2D eigenvalue weighted by molar-refractivity contribution is 5.54. The standard InChI is InChI=1S/C12H17N5O/c1-8-2-4-17(6-10(8)13)12-14-11(15-16-12)9-3-5-18-7-9/h3,5,7-8,10H,2,4,6,13H2,1H3,(H,14,15,16). The van der Waals surface area contributed by atoms with Gasteiger partial charge in [0.25, 0.3) is 0 Å². The molecule has 0 bridgehead atoms. The van der Waals surface area contributed by atoms with Gasteiger partial charge in [0.05, 0.1) is 11.8 Å². The summed E-state index contributed by atoms with van der Waals surface area (Å²) in [6.07, 6.45) is 4.35. The predicted octanol–water partition coefficient (Wildman–Crippen LogP) is 1.24. The normalized spacial score (nSPS) is 24.4. The lowest BCUT2D eigenvalue weighted by Crippen LogP contribution is -2.48. The molecule has 0 aromatic carbocycles. The Morgan fingerprint density at radius 1 is 1.56 bits per heavy atom. The molecule has 3 N–H and O–H groups in total. The van der Waals surface area contributed by atoms with Crippen molar-refractivity contribution in [2.45, 2.75) is 19.4 Å². The number of rotatable bonds is 2. The average Bonchev–Trinajstić information content (AvgIpc) is 3.01. The molecule has 0 spiro atoms. The summed E-state index contributed by atoms with van der Waals surface area (Å²) in [5.41, 5.74) is 6.99. The van der Waals surface area contributed by atoms with Gasteiger partial charge in [0, 0.05) is 19.1 Å². The van der Waals surface area contributed by atoms with Crippen molar-refractivity contribution in [3.05, 3.63) is 18.6 Å². The van der Waals surface area contributed by atoms with Crippen molar-refractivity contribution in [3.8, 4) is 11.4 Å². The highest BCUT2D eigenvalue weighted by atomic mass is 16.3. The maximum Gasteiger partial charge on any atom is 0.245 e. The number of hydrogen-bond acceptors (Lipinski definition) is 5. The molecule has 18 heavy (non-hydrogen) atoms. The van der Waals surface area contributed by atoms with Crippen LogP contribution in [0.3, 0.4) is 0 Å². The molecule has 1 fully saturated rings. The molecule has 0 amide bonds. The molecule has 1 aliphatic rings. The van der Waals surface area contributed by atoms with Gasteiger partial charge in [0.2, 0.25) is 5.95 Å². The lowest BCUT2D eigenvalue weighted by Gasteiger charge is -2.34. The van der Waals surface area contributed by atoms with Crippen LogP contribution < -0.4 is 10.6 Å². The first-order valence-electron chi connectivity index (χ1n) is 6.19. The zero-order valence-electron chi connectivity index (χ0n) is 10.3. The molecule has 1 saturated heterocycles. The van der Waals surface area contributed by atoms with Gasteiger partial charge in [-0.3, -0.25) is 5.10 Å². The second kappa shape index (κ2) is 4.45. The first kappa shape index (κ1) is 11.3. The van der Waals surface area contributed by atoms with Crippen LogP contribution in [0.2, 0.25) is 0 Å². The Morgan fingerprint density at radius 2 is 2.44 bits per heavy atom. The molecule has 0 saturated carbocycles. The Morgan fingerprint density at radius 3 is 3.17 bits per heavy atom. The van der Waals surface area contributed by atoms with E-state index in [0.717, 1.165) is 30.9 Å². The van der Waals surface area contributed by atoms with Crippen molar-refractivity contribution in [2.75, 3.05) is 18.0 Å². The quantitative estimate of drug-likeness (QED) is 0.834. The van der Waals surface area contributed by atoms with Crippen LogP contribution in [0, 0.1) is 5.92 Å². The molecule has 6 heteroatoms. The van der Waals surface area contributed by atoms with Crippen LogP contribution in [0.1, 0.15) is 13.3 Å². The number of nitrogens with two attached hydrogens (primary N) is 1. The van der Waals surface area contributed by atoms with Crippen LogP contribution in [0.5, 0.6) is 0 Å². The van der Waals surface area contributed by atoms with E-state index < -0.39 is 0 Å². The van der Waals surface area contributed by atoms with E-state index in [9.17, 15) is 0 Å². The van der Waals surface area contributed by atoms with Crippen LogP contribution in [-0.2, 0) is 0 Å². The number of anilines is 1. The van der Waals surface area contributed by atoms with Gasteiger partial charge in [-0.2, -0.15) is 4.98 Å². The van der Waals surface area contributed by atoms with E-state index in [0.29, 0.717) is 11.9 Å². The third-order valence-electron chi connectivity index (χ3n) is 3.57. The van der Waals surface area contributed by atoms with E-state index in [-0.39, 0.29) is 6.04 Å². The maximum atomic E-state index is 6.08. The van der Waals surface area contributed by atoms with Gasteiger partial charge in [-0.15, -0.1) is 5.10 Å². The molecule has 3 heterocycles. The van der Waals surface area contributed by atoms with Crippen LogP contribution in [0.4, 0.5) is 5.95 Å². The minimum absolute atomic E-state index is 0.189. The predicted molar refractivity (Wildman–Crippen MR) is 68.1 cm³/mol. The van der Waals surface area contributed by atoms with Crippen LogP contribution in [0.25, 0.3) is 11.4 Å². The summed E-state index contributed by atoms with van der Waals surface area (Å²) < 4.78 is 5.03. The van der Waals surface area contributed by atoms with Gasteiger partial charge in [0.15, 0.2) is 5.82 Å². The Balaban J connectivity index is 1.77. The van der Waals surface area contributed by atoms with Gasteiger partial charge in [-0.25, -0.2) is 0 Å². The van der Waals surface area contributed by atoms with Crippen LogP contribution in [-0.4, -0.2) is 34.3 Å². The van der Waals surface area contributed by atoms with Gasteiger partial charge in [0.1, 0.15) is 6.26 Å². The summed E-state index contributed by atoms with van der Waals surface area (Å²) in [5.74, 6) is 2.01. The summed E-state index contributed by atoms with van der Waals surface area (Å²) >= 11 is 0. The molecule has 2 atom stereocenters. The molecule has 2 aromatic heterocycles. The number of piperidine rings is 1. The van der Waals surface area contributed by atoms with E-state index in [2.05, 4.69) is 27.0 Å². The minimum atomic E-state index is 0.189. The average molecular weight is 247 g/mol. The highest BCUT2D eigenvalue weighted by Crippen LogP contribution is 2.22. The van der Waals surface area contributed by atoms with Crippen molar-refractivity contribution in [3.63, 3.8) is 0 Å². The van der Waals surface area contributed by atoms with Gasteiger partial charge in [-0.05, 0) is 18.4 Å². The molecule has 2 unspecified atom stereocenters. The lowest BCUT2D eigenvalue weighted by atomic mass is 9.95. The first-order chi connectivity index (χ1) is 8.74. The summed E-state index contributed by atoms with van der Waals surface area (Å²) in [6, 6.07) is 2.04. The number of H-pyrrole nitrogens is 1. The van der Waals surface area contributed by atoms with Gasteiger partial charge < -0.3 is 15.1 Å². The summed E-state index contributed by atoms with van der Waals surface area (Å²) in [7, 11) is 0. The van der Waals surface area contributed by atoms with E-state index in [1.54, 1.807) is 12.5 Å². The fourth-order valence-corrected chi connectivity index (χ4v) is 2.20. The zero-order chi connectivity index (χ0) is 12.5. The molecule has 1 aliphatic heterocycles. The third-order valence-corrected chi connectivity index (χ3v) is 3.57. The second-order valence-electron chi connectivity index (χ2n) is 4.87. The summed E-state index contributed by atoms with van der Waals surface area (Å²) in [5, 5.41) is 7.18. The van der Waals surface area contributed by atoms with E-state index in [1.807, 2.05) is 6.07 Å². The van der Waals surface area contributed by atoms with Crippen molar-refractivity contribution < 1.29 is 4.42 Å². The Bertz CT molecular complexity index is 506. The van der Waals surface area contributed by atoms with Gasteiger partial charge in [-0.1, -0.05) is 6.92 Å². The van der Waals surface area contributed by atoms with Crippen molar-refractivity contribution in [2.24, 2.45) is 11.7 Å². The highest BCUT2D eigenvalue weighted by Gasteiger charge is 2.25. The summed E-state index contributed by atoms with van der Waals surface area (Å²) in [4.78, 5) is 6.61. The molecule has 2 aromatic rings. The third kappa shape index (κ3) is 1.99. The Labute approximate surface area is 105 Å². The van der Waals surface area contributed by atoms with Crippen molar-refractivity contribution in [1.82, 2.24) is 15.2 Å².